The van der Waals surface area contributed by atoms with Gasteiger partial charge in [-0.05, 0) is 42.8 Å². The molecule has 1 atom stereocenters. The molecule has 7 nitrogen and oxygen atoms in total. The molecule has 1 fully saturated rings. The van der Waals surface area contributed by atoms with Crippen LogP contribution in [-0.4, -0.2) is 45.8 Å². The van der Waals surface area contributed by atoms with Crippen LogP contribution in [0.3, 0.4) is 0 Å². The highest BCUT2D eigenvalue weighted by molar-refractivity contribution is 5.99. The highest BCUT2D eigenvalue weighted by Gasteiger charge is 2.27. The lowest BCUT2D eigenvalue weighted by molar-refractivity contribution is -0.111. The predicted octanol–water partition coefficient (Wildman–Crippen LogP) is 3.08. The Kier molecular flexibility index (Phi) is 5.20. The van der Waals surface area contributed by atoms with Crippen LogP contribution in [0.5, 0.6) is 0 Å². The van der Waals surface area contributed by atoms with Crippen molar-refractivity contribution < 1.29 is 9.59 Å². The molecule has 4 rings (SSSR count). The molecule has 0 radical (unpaired) electrons. The number of likely N-dealkylation sites (tertiary alicyclic amines) is 1. The van der Waals surface area contributed by atoms with E-state index in [2.05, 4.69) is 27.2 Å². The molecule has 0 bridgehead atoms. The highest BCUT2D eigenvalue weighted by atomic mass is 16.2. The Morgan fingerprint density at radius 1 is 1.14 bits per heavy atom. The third-order valence-electron chi connectivity index (χ3n) is 4.88. The number of nitrogens with one attached hydrogen (secondary N) is 2. The standard InChI is InChI=1S/C22H21N5O2/c1-2-20(28)24-17-9-7-15(8-10-17)21(29)27-12-11-18(14-27)25-22-23-13-16-5-3-4-6-19(16)26-22/h2-10,13,18H,1,11-12,14H2,(H,24,28)(H,23,25,26)/t18-/m1/s1. The number of anilines is 2. The monoisotopic (exact) mass is 387 g/mol. The Balaban J connectivity index is 1.37. The number of rotatable bonds is 5. The van der Waals surface area contributed by atoms with Crippen LogP contribution in [0.4, 0.5) is 11.6 Å². The van der Waals surface area contributed by atoms with E-state index >= 15 is 0 Å². The van der Waals surface area contributed by atoms with Crippen LogP contribution < -0.4 is 10.6 Å². The second kappa shape index (κ2) is 8.10. The number of carbonyl (C=O) groups excluding carboxylic acids is 2. The minimum absolute atomic E-state index is 0.0321. The molecule has 1 aromatic heterocycles. The van der Waals surface area contributed by atoms with Crippen molar-refractivity contribution >= 4 is 34.4 Å². The summed E-state index contributed by atoms with van der Waals surface area (Å²) >= 11 is 0. The lowest BCUT2D eigenvalue weighted by Crippen LogP contribution is -2.31. The van der Waals surface area contributed by atoms with Crippen molar-refractivity contribution in [2.45, 2.75) is 12.5 Å². The molecule has 1 aliphatic heterocycles. The molecule has 146 valence electrons. The minimum Gasteiger partial charge on any atom is -0.350 e. The molecule has 0 spiro atoms. The maximum Gasteiger partial charge on any atom is 0.253 e. The lowest BCUT2D eigenvalue weighted by Gasteiger charge is -2.17. The average molecular weight is 387 g/mol. The highest BCUT2D eigenvalue weighted by Crippen LogP contribution is 2.19. The van der Waals surface area contributed by atoms with Crippen LogP contribution in [0, 0.1) is 0 Å². The van der Waals surface area contributed by atoms with Gasteiger partial charge in [0.2, 0.25) is 11.9 Å². The largest absolute Gasteiger partial charge is 0.350 e. The van der Waals surface area contributed by atoms with Gasteiger partial charge >= 0.3 is 0 Å². The second-order valence-electron chi connectivity index (χ2n) is 6.90. The van der Waals surface area contributed by atoms with Crippen molar-refractivity contribution in [3.63, 3.8) is 0 Å². The Labute approximate surface area is 168 Å². The molecule has 3 aromatic rings. The smallest absolute Gasteiger partial charge is 0.253 e. The molecule has 2 aromatic carbocycles. The maximum atomic E-state index is 12.8. The quantitative estimate of drug-likeness (QED) is 0.657. The first kappa shape index (κ1) is 18.6. The number of fused-ring (bicyclic) bond motifs is 1. The Bertz CT molecular complexity index is 1060. The van der Waals surface area contributed by atoms with Gasteiger partial charge in [-0.2, -0.15) is 0 Å². The Morgan fingerprint density at radius 3 is 2.72 bits per heavy atom. The van der Waals surface area contributed by atoms with E-state index < -0.39 is 0 Å². The Hall–Kier alpha value is -3.74. The fraction of sp³-hybridized carbons (Fsp3) is 0.182. The molecular formula is C22H21N5O2. The van der Waals surface area contributed by atoms with Crippen molar-refractivity contribution in [2.75, 3.05) is 23.7 Å². The minimum atomic E-state index is -0.284. The summed E-state index contributed by atoms with van der Waals surface area (Å²) in [6, 6.07) is 14.8. The number of hydrogen-bond donors (Lipinski definition) is 2. The summed E-state index contributed by atoms with van der Waals surface area (Å²) in [5, 5.41) is 7.00. The number of hydrogen-bond acceptors (Lipinski definition) is 5. The van der Waals surface area contributed by atoms with Crippen molar-refractivity contribution in [3.05, 3.63) is 72.9 Å². The van der Waals surface area contributed by atoms with Gasteiger partial charge in [0.25, 0.3) is 5.91 Å². The molecule has 1 saturated heterocycles. The van der Waals surface area contributed by atoms with Crippen LogP contribution in [0.15, 0.2) is 67.4 Å². The molecule has 0 saturated carbocycles. The van der Waals surface area contributed by atoms with Crippen LogP contribution in [0.2, 0.25) is 0 Å². The van der Waals surface area contributed by atoms with Crippen LogP contribution in [0.1, 0.15) is 16.8 Å². The molecule has 1 aliphatic rings. The molecule has 2 amide bonds. The topological polar surface area (TPSA) is 87.2 Å². The molecule has 7 heteroatoms. The summed E-state index contributed by atoms with van der Waals surface area (Å²) in [4.78, 5) is 34.8. The van der Waals surface area contributed by atoms with Gasteiger partial charge < -0.3 is 15.5 Å². The normalized spacial score (nSPS) is 15.9. The van der Waals surface area contributed by atoms with Crippen molar-refractivity contribution in [2.24, 2.45) is 0 Å². The molecule has 2 heterocycles. The second-order valence-corrected chi connectivity index (χ2v) is 6.90. The third kappa shape index (κ3) is 4.24. The van der Waals surface area contributed by atoms with Gasteiger partial charge in [0, 0.05) is 42.0 Å². The fourth-order valence-electron chi connectivity index (χ4n) is 3.36. The van der Waals surface area contributed by atoms with Crippen LogP contribution in [-0.2, 0) is 4.79 Å². The van der Waals surface area contributed by atoms with Gasteiger partial charge in [0.05, 0.1) is 5.52 Å². The van der Waals surface area contributed by atoms with E-state index in [-0.39, 0.29) is 17.9 Å². The first-order valence-electron chi connectivity index (χ1n) is 9.43. The number of amides is 2. The average Bonchev–Trinajstić information content (AvgIpc) is 3.22. The van der Waals surface area contributed by atoms with E-state index in [1.165, 1.54) is 6.08 Å². The molecule has 0 unspecified atom stereocenters. The fourth-order valence-corrected chi connectivity index (χ4v) is 3.36. The third-order valence-corrected chi connectivity index (χ3v) is 4.88. The number of carbonyl (C=O) groups is 2. The predicted molar refractivity (Wildman–Crippen MR) is 113 cm³/mol. The zero-order chi connectivity index (χ0) is 20.2. The van der Waals surface area contributed by atoms with Gasteiger partial charge in [-0.3, -0.25) is 9.59 Å². The van der Waals surface area contributed by atoms with Crippen molar-refractivity contribution in [1.82, 2.24) is 14.9 Å². The van der Waals surface area contributed by atoms with Gasteiger partial charge in [-0.25, -0.2) is 9.97 Å². The summed E-state index contributed by atoms with van der Waals surface area (Å²) in [5.74, 6) is 0.258. The van der Waals surface area contributed by atoms with Gasteiger partial charge in [-0.15, -0.1) is 0 Å². The molecule has 29 heavy (non-hydrogen) atoms. The summed E-state index contributed by atoms with van der Waals surface area (Å²) in [6.07, 6.45) is 3.83. The van der Waals surface area contributed by atoms with E-state index in [0.717, 1.165) is 17.3 Å². The van der Waals surface area contributed by atoms with Gasteiger partial charge in [0.15, 0.2) is 0 Å². The molecular weight excluding hydrogens is 366 g/mol. The zero-order valence-corrected chi connectivity index (χ0v) is 15.8. The summed E-state index contributed by atoms with van der Waals surface area (Å²) in [7, 11) is 0. The number of aromatic nitrogens is 2. The number of para-hydroxylation sites is 1. The van der Waals surface area contributed by atoms with E-state index in [0.29, 0.717) is 30.3 Å². The SMILES string of the molecule is C=CC(=O)Nc1ccc(C(=O)N2CC[C@@H](Nc3ncc4ccccc4n3)C2)cc1. The van der Waals surface area contributed by atoms with E-state index in [1.54, 1.807) is 30.5 Å². The summed E-state index contributed by atoms with van der Waals surface area (Å²) in [5.41, 5.74) is 2.10. The molecule has 2 N–H and O–H groups in total. The number of nitrogens with zero attached hydrogens (tertiary/aromatic N) is 3. The zero-order valence-electron chi connectivity index (χ0n) is 15.8. The van der Waals surface area contributed by atoms with Gasteiger partial charge in [-0.1, -0.05) is 24.8 Å². The number of benzene rings is 2. The van der Waals surface area contributed by atoms with Crippen molar-refractivity contribution in [1.29, 1.82) is 0 Å². The van der Waals surface area contributed by atoms with Gasteiger partial charge in [0.1, 0.15) is 0 Å². The van der Waals surface area contributed by atoms with Crippen molar-refractivity contribution in [3.8, 4) is 0 Å². The Morgan fingerprint density at radius 2 is 1.93 bits per heavy atom. The van der Waals surface area contributed by atoms with E-state index in [4.69, 9.17) is 0 Å². The van der Waals surface area contributed by atoms with Crippen LogP contribution in [0.25, 0.3) is 10.9 Å². The van der Waals surface area contributed by atoms with E-state index in [9.17, 15) is 9.59 Å². The van der Waals surface area contributed by atoms with Crippen LogP contribution >= 0.6 is 0 Å². The maximum absolute atomic E-state index is 12.8. The molecule has 0 aliphatic carbocycles. The lowest BCUT2D eigenvalue weighted by atomic mass is 10.2. The summed E-state index contributed by atoms with van der Waals surface area (Å²) < 4.78 is 0. The van der Waals surface area contributed by atoms with E-state index in [1.807, 2.05) is 29.2 Å². The first-order valence-corrected chi connectivity index (χ1v) is 9.43. The first-order chi connectivity index (χ1) is 14.1. The summed E-state index contributed by atoms with van der Waals surface area (Å²) in [6.45, 7) is 4.67.